The van der Waals surface area contributed by atoms with E-state index in [4.69, 9.17) is 0 Å². The molecule has 1 amide bonds. The first-order valence-electron chi connectivity index (χ1n) is 5.16. The smallest absolute Gasteiger partial charge is 0.255 e. The van der Waals surface area contributed by atoms with Gasteiger partial charge >= 0.3 is 0 Å². The van der Waals surface area contributed by atoms with Gasteiger partial charge < -0.3 is 4.90 Å². The summed E-state index contributed by atoms with van der Waals surface area (Å²) in [5, 5.41) is 0.253. The number of carbonyl (C=O) groups is 1. The second-order valence-electron chi connectivity index (χ2n) is 4.75. The van der Waals surface area contributed by atoms with E-state index in [0.717, 1.165) is 12.1 Å². The van der Waals surface area contributed by atoms with Crippen LogP contribution in [-0.2, 0) is 0 Å². The number of rotatable bonds is 0. The van der Waals surface area contributed by atoms with Crippen LogP contribution in [0.25, 0.3) is 0 Å². The molecule has 1 fully saturated rings. The van der Waals surface area contributed by atoms with Crippen LogP contribution in [0.5, 0.6) is 0 Å². The van der Waals surface area contributed by atoms with Gasteiger partial charge in [0.1, 0.15) is 5.37 Å². The first kappa shape index (κ1) is 9.28. The van der Waals surface area contributed by atoms with Crippen LogP contribution in [0.1, 0.15) is 35.1 Å². The summed E-state index contributed by atoms with van der Waals surface area (Å²) in [4.78, 5) is 14.1. The van der Waals surface area contributed by atoms with Gasteiger partial charge in [-0.05, 0) is 25.5 Å². The SMILES string of the molecule is CC1(C)CN2C(=O)c3ccccc3[C@@H]2S1. The fourth-order valence-corrected chi connectivity index (χ4v) is 3.82. The minimum absolute atomic E-state index is 0.188. The van der Waals surface area contributed by atoms with Gasteiger partial charge in [-0.25, -0.2) is 0 Å². The minimum Gasteiger partial charge on any atom is -0.321 e. The molecule has 0 aliphatic carbocycles. The lowest BCUT2D eigenvalue weighted by Gasteiger charge is -2.16. The molecule has 3 rings (SSSR count). The van der Waals surface area contributed by atoms with Gasteiger partial charge in [-0.15, -0.1) is 11.8 Å². The molecule has 0 aromatic heterocycles. The lowest BCUT2D eigenvalue weighted by atomic mass is 10.1. The Morgan fingerprint density at radius 3 is 2.93 bits per heavy atom. The molecule has 0 bridgehead atoms. The zero-order chi connectivity index (χ0) is 10.6. The Morgan fingerprint density at radius 1 is 1.40 bits per heavy atom. The van der Waals surface area contributed by atoms with Crippen LogP contribution in [0, 0.1) is 0 Å². The van der Waals surface area contributed by atoms with Crippen LogP contribution >= 0.6 is 11.8 Å². The zero-order valence-electron chi connectivity index (χ0n) is 8.86. The molecule has 0 spiro atoms. The fraction of sp³-hybridized carbons (Fsp3) is 0.417. The lowest BCUT2D eigenvalue weighted by Crippen LogP contribution is -2.29. The van der Waals surface area contributed by atoms with Crippen LogP contribution < -0.4 is 0 Å². The number of benzene rings is 1. The van der Waals surface area contributed by atoms with Gasteiger partial charge in [0.25, 0.3) is 5.91 Å². The number of carbonyl (C=O) groups excluding carboxylic acids is 1. The van der Waals surface area contributed by atoms with E-state index in [2.05, 4.69) is 19.9 Å². The molecule has 78 valence electrons. The topological polar surface area (TPSA) is 20.3 Å². The Hall–Kier alpha value is -0.960. The van der Waals surface area contributed by atoms with Crippen LogP contribution in [0.4, 0.5) is 0 Å². The molecule has 1 atom stereocenters. The maximum atomic E-state index is 12.1. The van der Waals surface area contributed by atoms with Gasteiger partial charge in [0.05, 0.1) is 0 Å². The second kappa shape index (κ2) is 2.79. The van der Waals surface area contributed by atoms with E-state index in [1.807, 2.05) is 34.9 Å². The standard InChI is InChI=1S/C12H13NOS/c1-12(2)7-13-10(14)8-5-3-4-6-9(8)11(13)15-12/h3-6,11H,7H2,1-2H3/t11-/m0/s1. The van der Waals surface area contributed by atoms with Crippen LogP contribution in [0.15, 0.2) is 24.3 Å². The number of nitrogens with zero attached hydrogens (tertiary/aromatic N) is 1. The second-order valence-corrected chi connectivity index (χ2v) is 6.54. The van der Waals surface area contributed by atoms with Crippen molar-refractivity contribution in [1.29, 1.82) is 0 Å². The van der Waals surface area contributed by atoms with Crippen molar-refractivity contribution in [3.05, 3.63) is 35.4 Å². The molecule has 2 aliphatic rings. The molecular formula is C12H13NOS. The Labute approximate surface area is 93.7 Å². The summed E-state index contributed by atoms with van der Waals surface area (Å²) in [6.07, 6.45) is 0. The van der Waals surface area contributed by atoms with Crippen LogP contribution in [-0.4, -0.2) is 22.1 Å². The van der Waals surface area contributed by atoms with Crippen molar-refractivity contribution < 1.29 is 4.79 Å². The summed E-state index contributed by atoms with van der Waals surface area (Å²) in [5.41, 5.74) is 2.09. The van der Waals surface area contributed by atoms with Crippen molar-refractivity contribution in [1.82, 2.24) is 4.90 Å². The molecule has 2 nitrogen and oxygen atoms in total. The Bertz CT molecular complexity index is 441. The van der Waals surface area contributed by atoms with Gasteiger partial charge in [0, 0.05) is 16.9 Å². The third-order valence-corrected chi connectivity index (χ3v) is 4.48. The summed E-state index contributed by atoms with van der Waals surface area (Å²) in [6, 6.07) is 7.96. The highest BCUT2D eigenvalue weighted by molar-refractivity contribution is 8.01. The number of hydrogen-bond donors (Lipinski definition) is 0. The maximum Gasteiger partial charge on any atom is 0.255 e. The Balaban J connectivity index is 2.10. The molecule has 2 heterocycles. The van der Waals surface area contributed by atoms with Crippen molar-refractivity contribution >= 4 is 17.7 Å². The lowest BCUT2D eigenvalue weighted by molar-refractivity contribution is 0.0779. The van der Waals surface area contributed by atoms with E-state index >= 15 is 0 Å². The summed E-state index contributed by atoms with van der Waals surface area (Å²) < 4.78 is 0.188. The average Bonchev–Trinajstić information content (AvgIpc) is 2.63. The van der Waals surface area contributed by atoms with Crippen LogP contribution in [0.2, 0.25) is 0 Å². The molecule has 0 N–H and O–H groups in total. The summed E-state index contributed by atoms with van der Waals surface area (Å²) in [5.74, 6) is 0.202. The molecule has 1 aromatic carbocycles. The van der Waals surface area contributed by atoms with E-state index in [-0.39, 0.29) is 16.0 Å². The van der Waals surface area contributed by atoms with Crippen LogP contribution in [0.3, 0.4) is 0 Å². The number of hydrogen-bond acceptors (Lipinski definition) is 2. The highest BCUT2D eigenvalue weighted by atomic mass is 32.2. The molecule has 2 aliphatic heterocycles. The van der Waals surface area contributed by atoms with E-state index in [0.29, 0.717) is 0 Å². The quantitative estimate of drug-likeness (QED) is 0.668. The summed E-state index contributed by atoms with van der Waals surface area (Å²) in [7, 11) is 0. The third-order valence-electron chi connectivity index (χ3n) is 2.98. The van der Waals surface area contributed by atoms with Crippen molar-refractivity contribution in [2.24, 2.45) is 0 Å². The van der Waals surface area contributed by atoms with Gasteiger partial charge in [0.2, 0.25) is 0 Å². The average molecular weight is 219 g/mol. The summed E-state index contributed by atoms with van der Waals surface area (Å²) in [6.45, 7) is 5.26. The first-order chi connectivity index (χ1) is 7.08. The van der Waals surface area contributed by atoms with Crippen molar-refractivity contribution in [3.8, 4) is 0 Å². The molecule has 0 unspecified atom stereocenters. The van der Waals surface area contributed by atoms with E-state index < -0.39 is 0 Å². The molecule has 15 heavy (non-hydrogen) atoms. The molecule has 3 heteroatoms. The minimum atomic E-state index is 0.188. The molecule has 0 saturated carbocycles. The van der Waals surface area contributed by atoms with E-state index in [1.165, 1.54) is 5.56 Å². The third kappa shape index (κ3) is 1.22. The predicted octanol–water partition coefficient (Wildman–Crippen LogP) is 2.67. The van der Waals surface area contributed by atoms with E-state index in [9.17, 15) is 4.79 Å². The van der Waals surface area contributed by atoms with Crippen molar-refractivity contribution in [3.63, 3.8) is 0 Å². The van der Waals surface area contributed by atoms with Gasteiger partial charge in [-0.2, -0.15) is 0 Å². The Kier molecular flexibility index (Phi) is 1.72. The van der Waals surface area contributed by atoms with Gasteiger partial charge in [0.15, 0.2) is 0 Å². The zero-order valence-corrected chi connectivity index (χ0v) is 9.67. The largest absolute Gasteiger partial charge is 0.321 e. The van der Waals surface area contributed by atoms with E-state index in [1.54, 1.807) is 0 Å². The van der Waals surface area contributed by atoms with Gasteiger partial charge in [-0.3, -0.25) is 4.79 Å². The van der Waals surface area contributed by atoms with Crippen molar-refractivity contribution in [2.75, 3.05) is 6.54 Å². The normalized spacial score (nSPS) is 26.7. The molecule has 0 radical (unpaired) electrons. The summed E-state index contributed by atoms with van der Waals surface area (Å²) >= 11 is 1.89. The molecular weight excluding hydrogens is 206 g/mol. The van der Waals surface area contributed by atoms with Gasteiger partial charge in [-0.1, -0.05) is 18.2 Å². The maximum absolute atomic E-state index is 12.1. The monoisotopic (exact) mass is 219 g/mol. The fourth-order valence-electron chi connectivity index (χ4n) is 2.37. The first-order valence-corrected chi connectivity index (χ1v) is 6.04. The molecule has 1 saturated heterocycles. The highest BCUT2D eigenvalue weighted by Gasteiger charge is 2.47. The highest BCUT2D eigenvalue weighted by Crippen LogP contribution is 2.52. The Morgan fingerprint density at radius 2 is 2.13 bits per heavy atom. The van der Waals surface area contributed by atoms with Crippen molar-refractivity contribution in [2.45, 2.75) is 24.0 Å². The predicted molar refractivity (Wildman–Crippen MR) is 61.9 cm³/mol. The number of fused-ring (bicyclic) bond motifs is 3. The number of thioether (sulfide) groups is 1. The number of amides is 1. The molecule has 1 aromatic rings.